The zero-order chi connectivity index (χ0) is 13.1. The standard InChI is InChI=1S/C14H26N4/c1-10(2)8-18-14(15-9-16-18)7-13-5-11(3)17-12(4)6-13/h9-13,17H,5-8H2,1-4H3. The predicted octanol–water partition coefficient (Wildman–Crippen LogP) is 2.25. The van der Waals surface area contributed by atoms with E-state index in [-0.39, 0.29) is 0 Å². The van der Waals surface area contributed by atoms with Crippen LogP contribution >= 0.6 is 0 Å². The number of hydrogen-bond acceptors (Lipinski definition) is 3. The van der Waals surface area contributed by atoms with Crippen molar-refractivity contribution in [2.75, 3.05) is 0 Å². The monoisotopic (exact) mass is 250 g/mol. The molecular weight excluding hydrogens is 224 g/mol. The van der Waals surface area contributed by atoms with E-state index >= 15 is 0 Å². The molecule has 4 nitrogen and oxygen atoms in total. The van der Waals surface area contributed by atoms with Crippen molar-refractivity contribution < 1.29 is 0 Å². The van der Waals surface area contributed by atoms with Crippen LogP contribution in [-0.4, -0.2) is 26.8 Å². The lowest BCUT2D eigenvalue weighted by molar-refractivity contribution is 0.256. The SMILES string of the molecule is CC(C)Cn1ncnc1CC1CC(C)NC(C)C1. The molecule has 0 aromatic carbocycles. The van der Waals surface area contributed by atoms with Gasteiger partial charge < -0.3 is 5.32 Å². The Labute approximate surface area is 110 Å². The molecule has 1 aromatic rings. The first-order chi connectivity index (χ1) is 8.54. The van der Waals surface area contributed by atoms with Crippen LogP contribution in [-0.2, 0) is 13.0 Å². The van der Waals surface area contributed by atoms with Gasteiger partial charge in [-0.05, 0) is 38.5 Å². The summed E-state index contributed by atoms with van der Waals surface area (Å²) in [4.78, 5) is 4.44. The van der Waals surface area contributed by atoms with Crippen molar-refractivity contribution in [3.63, 3.8) is 0 Å². The quantitative estimate of drug-likeness (QED) is 0.891. The van der Waals surface area contributed by atoms with Crippen LogP contribution in [0.2, 0.25) is 0 Å². The lowest BCUT2D eigenvalue weighted by atomic mass is 9.86. The molecule has 1 fully saturated rings. The molecule has 0 spiro atoms. The molecule has 0 saturated carbocycles. The first kappa shape index (κ1) is 13.5. The second-order valence-electron chi connectivity index (χ2n) is 6.26. The van der Waals surface area contributed by atoms with Gasteiger partial charge >= 0.3 is 0 Å². The van der Waals surface area contributed by atoms with E-state index in [1.807, 2.05) is 0 Å². The van der Waals surface area contributed by atoms with E-state index in [0.29, 0.717) is 18.0 Å². The lowest BCUT2D eigenvalue weighted by Gasteiger charge is -2.32. The summed E-state index contributed by atoms with van der Waals surface area (Å²) >= 11 is 0. The molecule has 1 aliphatic rings. The zero-order valence-corrected chi connectivity index (χ0v) is 12.1. The average Bonchev–Trinajstić information content (AvgIpc) is 2.63. The topological polar surface area (TPSA) is 42.7 Å². The van der Waals surface area contributed by atoms with E-state index in [0.717, 1.165) is 24.7 Å². The predicted molar refractivity (Wildman–Crippen MR) is 73.3 cm³/mol. The van der Waals surface area contributed by atoms with E-state index in [1.54, 1.807) is 6.33 Å². The molecule has 4 heteroatoms. The van der Waals surface area contributed by atoms with E-state index in [9.17, 15) is 0 Å². The van der Waals surface area contributed by atoms with Gasteiger partial charge in [-0.1, -0.05) is 13.8 Å². The first-order valence-corrected chi connectivity index (χ1v) is 7.17. The van der Waals surface area contributed by atoms with Crippen LogP contribution in [0.15, 0.2) is 6.33 Å². The van der Waals surface area contributed by atoms with Gasteiger partial charge in [0.05, 0.1) is 0 Å². The van der Waals surface area contributed by atoms with Crippen LogP contribution in [0.4, 0.5) is 0 Å². The fraction of sp³-hybridized carbons (Fsp3) is 0.857. The van der Waals surface area contributed by atoms with Gasteiger partial charge in [-0.3, -0.25) is 0 Å². The Hall–Kier alpha value is -0.900. The molecule has 2 rings (SSSR count). The fourth-order valence-corrected chi connectivity index (χ4v) is 3.09. The van der Waals surface area contributed by atoms with Crippen LogP contribution in [0.1, 0.15) is 46.4 Å². The van der Waals surface area contributed by atoms with Gasteiger partial charge in [0.25, 0.3) is 0 Å². The van der Waals surface area contributed by atoms with Crippen molar-refractivity contribution in [3.8, 4) is 0 Å². The summed E-state index contributed by atoms with van der Waals surface area (Å²) in [5.41, 5.74) is 0. The number of nitrogens with one attached hydrogen (secondary N) is 1. The minimum absolute atomic E-state index is 0.622. The maximum atomic E-state index is 4.44. The van der Waals surface area contributed by atoms with Crippen LogP contribution in [0.3, 0.4) is 0 Å². The summed E-state index contributed by atoms with van der Waals surface area (Å²) in [5.74, 6) is 2.53. The Balaban J connectivity index is 1.98. The molecule has 102 valence electrons. The molecule has 1 N–H and O–H groups in total. The van der Waals surface area contributed by atoms with Gasteiger partial charge in [-0.15, -0.1) is 0 Å². The van der Waals surface area contributed by atoms with Crippen LogP contribution in [0, 0.1) is 11.8 Å². The third-order valence-corrected chi connectivity index (χ3v) is 3.65. The van der Waals surface area contributed by atoms with Crippen molar-refractivity contribution in [2.45, 2.75) is 65.6 Å². The number of piperidine rings is 1. The number of aromatic nitrogens is 3. The van der Waals surface area contributed by atoms with E-state index in [2.05, 4.69) is 47.8 Å². The normalized spacial score (nSPS) is 28.8. The van der Waals surface area contributed by atoms with Gasteiger partial charge in [0.15, 0.2) is 0 Å². The average molecular weight is 250 g/mol. The fourth-order valence-electron chi connectivity index (χ4n) is 3.09. The maximum absolute atomic E-state index is 4.44. The number of rotatable bonds is 4. The molecule has 2 atom stereocenters. The highest BCUT2D eigenvalue weighted by atomic mass is 15.3. The van der Waals surface area contributed by atoms with Crippen LogP contribution < -0.4 is 5.32 Å². The Morgan fingerprint density at radius 2 is 2.00 bits per heavy atom. The largest absolute Gasteiger partial charge is 0.312 e. The molecule has 2 unspecified atom stereocenters. The van der Waals surface area contributed by atoms with Gasteiger partial charge in [0, 0.05) is 25.0 Å². The zero-order valence-electron chi connectivity index (χ0n) is 12.1. The molecule has 1 aromatic heterocycles. The minimum atomic E-state index is 0.622. The molecule has 2 heterocycles. The third-order valence-electron chi connectivity index (χ3n) is 3.65. The third kappa shape index (κ3) is 3.55. The van der Waals surface area contributed by atoms with Crippen molar-refractivity contribution in [2.24, 2.45) is 11.8 Å². The Kier molecular flexibility index (Phi) is 4.38. The van der Waals surface area contributed by atoms with Gasteiger partial charge in [-0.2, -0.15) is 5.10 Å². The van der Waals surface area contributed by atoms with E-state index < -0.39 is 0 Å². The van der Waals surface area contributed by atoms with Crippen LogP contribution in [0.5, 0.6) is 0 Å². The molecule has 0 amide bonds. The van der Waals surface area contributed by atoms with Crippen molar-refractivity contribution in [1.29, 1.82) is 0 Å². The Bertz CT molecular complexity index is 362. The van der Waals surface area contributed by atoms with Crippen LogP contribution in [0.25, 0.3) is 0 Å². The minimum Gasteiger partial charge on any atom is -0.312 e. The van der Waals surface area contributed by atoms with E-state index in [4.69, 9.17) is 0 Å². The number of nitrogens with zero attached hydrogens (tertiary/aromatic N) is 3. The van der Waals surface area contributed by atoms with Crippen molar-refractivity contribution in [1.82, 2.24) is 20.1 Å². The van der Waals surface area contributed by atoms with Gasteiger partial charge in [0.1, 0.15) is 12.2 Å². The summed E-state index contributed by atoms with van der Waals surface area (Å²) in [6.45, 7) is 9.98. The highest BCUT2D eigenvalue weighted by molar-refractivity contribution is 4.91. The molecule has 1 saturated heterocycles. The van der Waals surface area contributed by atoms with Crippen molar-refractivity contribution >= 4 is 0 Å². The van der Waals surface area contributed by atoms with Gasteiger partial charge in [-0.25, -0.2) is 9.67 Å². The number of hydrogen-bond donors (Lipinski definition) is 1. The second-order valence-corrected chi connectivity index (χ2v) is 6.26. The second kappa shape index (κ2) is 5.83. The van der Waals surface area contributed by atoms with Gasteiger partial charge in [0.2, 0.25) is 0 Å². The Morgan fingerprint density at radius 1 is 1.33 bits per heavy atom. The lowest BCUT2D eigenvalue weighted by Crippen LogP contribution is -2.43. The molecule has 0 aliphatic carbocycles. The molecule has 1 aliphatic heterocycles. The molecule has 0 radical (unpaired) electrons. The highest BCUT2D eigenvalue weighted by Gasteiger charge is 2.24. The Morgan fingerprint density at radius 3 is 2.61 bits per heavy atom. The summed E-state index contributed by atoms with van der Waals surface area (Å²) in [5, 5.41) is 7.94. The molecule has 0 bridgehead atoms. The molecular formula is C14H26N4. The van der Waals surface area contributed by atoms with E-state index in [1.165, 1.54) is 12.8 Å². The summed E-state index contributed by atoms with van der Waals surface area (Å²) in [7, 11) is 0. The summed E-state index contributed by atoms with van der Waals surface area (Å²) in [6, 6.07) is 1.25. The maximum Gasteiger partial charge on any atom is 0.138 e. The highest BCUT2D eigenvalue weighted by Crippen LogP contribution is 2.23. The summed E-state index contributed by atoms with van der Waals surface area (Å²) < 4.78 is 2.09. The summed E-state index contributed by atoms with van der Waals surface area (Å²) in [6.07, 6.45) is 5.27. The smallest absolute Gasteiger partial charge is 0.138 e. The first-order valence-electron chi connectivity index (χ1n) is 7.17. The molecule has 18 heavy (non-hydrogen) atoms. The van der Waals surface area contributed by atoms with Crippen molar-refractivity contribution in [3.05, 3.63) is 12.2 Å².